The van der Waals surface area contributed by atoms with Crippen molar-refractivity contribution in [3.8, 4) is 0 Å². The number of nitrogens with zero attached hydrogens (tertiary/aromatic N) is 2. The van der Waals surface area contributed by atoms with Crippen molar-refractivity contribution in [3.63, 3.8) is 0 Å². The van der Waals surface area contributed by atoms with Gasteiger partial charge in [0.2, 0.25) is 11.8 Å². The molecule has 5 nitrogen and oxygen atoms in total. The van der Waals surface area contributed by atoms with E-state index >= 15 is 0 Å². The van der Waals surface area contributed by atoms with Crippen LogP contribution in [0.2, 0.25) is 5.02 Å². The molecule has 1 N–H and O–H groups in total. The van der Waals surface area contributed by atoms with Gasteiger partial charge >= 0.3 is 0 Å². The lowest BCUT2D eigenvalue weighted by atomic mass is 10.1. The second kappa shape index (κ2) is 5.89. The van der Waals surface area contributed by atoms with Crippen LogP contribution in [-0.4, -0.2) is 47.6 Å². The average molecular weight is 323 g/mol. The van der Waals surface area contributed by atoms with Crippen LogP contribution in [0.4, 0.5) is 5.69 Å². The fraction of sp³-hybridized carbons (Fsp3) is 0.500. The van der Waals surface area contributed by atoms with Crippen LogP contribution in [-0.2, 0) is 9.59 Å². The summed E-state index contributed by atoms with van der Waals surface area (Å²) in [4.78, 5) is 28.1. The fourth-order valence-corrected chi connectivity index (χ4v) is 3.35. The van der Waals surface area contributed by atoms with Crippen molar-refractivity contribution in [2.45, 2.75) is 25.9 Å². The molecule has 1 unspecified atom stereocenters. The number of aliphatic hydroxyl groups excluding tert-OH is 1. The van der Waals surface area contributed by atoms with Crippen LogP contribution in [0, 0.1) is 12.8 Å². The van der Waals surface area contributed by atoms with E-state index < -0.39 is 6.10 Å². The summed E-state index contributed by atoms with van der Waals surface area (Å²) >= 11 is 6.02. The van der Waals surface area contributed by atoms with Crippen LogP contribution in [0.25, 0.3) is 0 Å². The van der Waals surface area contributed by atoms with Crippen LogP contribution < -0.4 is 4.90 Å². The molecule has 2 atom stereocenters. The molecule has 2 aliphatic heterocycles. The van der Waals surface area contributed by atoms with Gasteiger partial charge < -0.3 is 14.9 Å². The van der Waals surface area contributed by atoms with Crippen LogP contribution in [0.5, 0.6) is 0 Å². The Kier molecular flexibility index (Phi) is 4.10. The van der Waals surface area contributed by atoms with Crippen LogP contribution >= 0.6 is 11.6 Å². The highest BCUT2D eigenvalue weighted by molar-refractivity contribution is 6.31. The van der Waals surface area contributed by atoms with E-state index in [1.807, 2.05) is 13.0 Å². The molecule has 0 bridgehead atoms. The van der Waals surface area contributed by atoms with Gasteiger partial charge in [-0.25, -0.2) is 0 Å². The molecule has 2 aliphatic rings. The Balaban J connectivity index is 1.76. The number of hydrogen-bond acceptors (Lipinski definition) is 3. The first-order chi connectivity index (χ1) is 10.5. The molecule has 118 valence electrons. The Morgan fingerprint density at radius 2 is 2.14 bits per heavy atom. The number of aryl methyl sites for hydroxylation is 1. The number of rotatable bonds is 2. The molecule has 2 heterocycles. The van der Waals surface area contributed by atoms with Crippen LogP contribution in [0.3, 0.4) is 0 Å². The number of amides is 2. The molecule has 6 heteroatoms. The molecule has 2 saturated heterocycles. The second-order valence-corrected chi connectivity index (χ2v) is 6.50. The van der Waals surface area contributed by atoms with E-state index in [2.05, 4.69) is 0 Å². The Morgan fingerprint density at radius 3 is 2.82 bits per heavy atom. The third-order valence-electron chi connectivity index (χ3n) is 4.41. The minimum Gasteiger partial charge on any atom is -0.391 e. The number of carbonyl (C=O) groups is 2. The topological polar surface area (TPSA) is 60.9 Å². The third-order valence-corrected chi connectivity index (χ3v) is 4.65. The molecule has 0 aromatic heterocycles. The standard InChI is InChI=1S/C16H19ClN2O3/c1-10-2-3-12(17)7-14(10)19-8-11(6-15(19)21)16(22)18-5-4-13(20)9-18/h2-3,7,11,13,20H,4-6,8-9H2,1H3/t11?,13-/m1/s1. The molecule has 0 saturated carbocycles. The molecular formula is C16H19ClN2O3. The summed E-state index contributed by atoms with van der Waals surface area (Å²) in [6.07, 6.45) is 0.397. The highest BCUT2D eigenvalue weighted by atomic mass is 35.5. The minimum atomic E-state index is -0.438. The van der Waals surface area contributed by atoms with E-state index in [0.717, 1.165) is 11.3 Å². The van der Waals surface area contributed by atoms with E-state index in [0.29, 0.717) is 31.1 Å². The van der Waals surface area contributed by atoms with Gasteiger partial charge in [0.05, 0.1) is 12.0 Å². The zero-order chi connectivity index (χ0) is 15.9. The number of β-amino-alcohol motifs (C(OH)–C–C–N with tert-alkyl or cyclic N) is 1. The van der Waals surface area contributed by atoms with Crippen molar-refractivity contribution < 1.29 is 14.7 Å². The zero-order valence-electron chi connectivity index (χ0n) is 12.5. The van der Waals surface area contributed by atoms with E-state index in [4.69, 9.17) is 11.6 Å². The molecule has 22 heavy (non-hydrogen) atoms. The minimum absolute atomic E-state index is 0.0351. The Hall–Kier alpha value is -1.59. The molecule has 3 rings (SSSR count). The highest BCUT2D eigenvalue weighted by Crippen LogP contribution is 2.31. The molecule has 2 fully saturated rings. The Labute approximate surface area is 134 Å². The summed E-state index contributed by atoms with van der Waals surface area (Å²) in [6, 6.07) is 5.42. The van der Waals surface area contributed by atoms with Gasteiger partial charge in [-0.2, -0.15) is 0 Å². The van der Waals surface area contributed by atoms with E-state index in [9.17, 15) is 14.7 Å². The maximum absolute atomic E-state index is 12.5. The van der Waals surface area contributed by atoms with E-state index in [1.165, 1.54) is 0 Å². The van der Waals surface area contributed by atoms with E-state index in [-0.39, 0.29) is 24.2 Å². The van der Waals surface area contributed by atoms with Crippen LogP contribution in [0.15, 0.2) is 18.2 Å². The predicted octanol–water partition coefficient (Wildman–Crippen LogP) is 1.59. The summed E-state index contributed by atoms with van der Waals surface area (Å²) in [5, 5.41) is 10.1. The van der Waals surface area contributed by atoms with Gasteiger partial charge in [0, 0.05) is 36.8 Å². The molecule has 0 radical (unpaired) electrons. The lowest BCUT2D eigenvalue weighted by Gasteiger charge is -2.21. The molecule has 1 aromatic carbocycles. The van der Waals surface area contributed by atoms with Crippen molar-refractivity contribution in [2.75, 3.05) is 24.5 Å². The fourth-order valence-electron chi connectivity index (χ4n) is 3.18. The largest absolute Gasteiger partial charge is 0.391 e. The van der Waals surface area contributed by atoms with Crippen molar-refractivity contribution in [3.05, 3.63) is 28.8 Å². The van der Waals surface area contributed by atoms with E-state index in [1.54, 1.807) is 21.9 Å². The number of aliphatic hydroxyl groups is 1. The zero-order valence-corrected chi connectivity index (χ0v) is 13.2. The first kappa shape index (κ1) is 15.3. The number of benzene rings is 1. The van der Waals surface area contributed by atoms with Crippen LogP contribution in [0.1, 0.15) is 18.4 Å². The molecule has 0 spiro atoms. The average Bonchev–Trinajstić information content (AvgIpc) is 3.07. The van der Waals surface area contributed by atoms with Crippen molar-refractivity contribution in [1.29, 1.82) is 0 Å². The van der Waals surface area contributed by atoms with Crippen molar-refractivity contribution >= 4 is 29.1 Å². The monoisotopic (exact) mass is 322 g/mol. The normalized spacial score (nSPS) is 25.1. The van der Waals surface area contributed by atoms with Gasteiger partial charge in [0.25, 0.3) is 0 Å². The van der Waals surface area contributed by atoms with Crippen molar-refractivity contribution in [1.82, 2.24) is 4.90 Å². The maximum Gasteiger partial charge on any atom is 0.228 e. The quantitative estimate of drug-likeness (QED) is 0.899. The summed E-state index contributed by atoms with van der Waals surface area (Å²) in [7, 11) is 0. The summed E-state index contributed by atoms with van der Waals surface area (Å²) in [6.45, 7) is 3.25. The van der Waals surface area contributed by atoms with Gasteiger partial charge in [0.15, 0.2) is 0 Å². The highest BCUT2D eigenvalue weighted by Gasteiger charge is 2.39. The molecule has 2 amide bonds. The summed E-state index contributed by atoms with van der Waals surface area (Å²) in [5.41, 5.74) is 1.73. The number of anilines is 1. The number of carbonyl (C=O) groups excluding carboxylic acids is 2. The van der Waals surface area contributed by atoms with Gasteiger partial charge in [-0.1, -0.05) is 17.7 Å². The lowest BCUT2D eigenvalue weighted by Crippen LogP contribution is -2.36. The van der Waals surface area contributed by atoms with Gasteiger partial charge in [-0.05, 0) is 31.0 Å². The predicted molar refractivity (Wildman–Crippen MR) is 83.9 cm³/mol. The van der Waals surface area contributed by atoms with Crippen molar-refractivity contribution in [2.24, 2.45) is 5.92 Å². The number of halogens is 1. The summed E-state index contributed by atoms with van der Waals surface area (Å²) < 4.78 is 0. The van der Waals surface area contributed by atoms with Gasteiger partial charge in [0.1, 0.15) is 0 Å². The molecule has 0 aliphatic carbocycles. The molecule has 1 aromatic rings. The smallest absolute Gasteiger partial charge is 0.228 e. The number of hydrogen-bond donors (Lipinski definition) is 1. The Morgan fingerprint density at radius 1 is 1.36 bits per heavy atom. The summed E-state index contributed by atoms with van der Waals surface area (Å²) in [5.74, 6) is -0.424. The van der Waals surface area contributed by atoms with Gasteiger partial charge in [-0.3, -0.25) is 9.59 Å². The number of likely N-dealkylation sites (tertiary alicyclic amines) is 1. The van der Waals surface area contributed by atoms with Gasteiger partial charge in [-0.15, -0.1) is 0 Å². The lowest BCUT2D eigenvalue weighted by molar-refractivity contribution is -0.135. The third kappa shape index (κ3) is 2.83. The SMILES string of the molecule is Cc1ccc(Cl)cc1N1CC(C(=O)N2CC[C@@H](O)C2)CC1=O. The Bertz CT molecular complexity index is 619. The first-order valence-electron chi connectivity index (χ1n) is 7.49. The maximum atomic E-state index is 12.5. The molecular weight excluding hydrogens is 304 g/mol. The first-order valence-corrected chi connectivity index (χ1v) is 7.87. The second-order valence-electron chi connectivity index (χ2n) is 6.06.